The molecule has 1 spiro atoms. The minimum atomic E-state index is -4.32. The largest absolute Gasteiger partial charge is 0.434 e. The third kappa shape index (κ3) is 2.07. The van der Waals surface area contributed by atoms with Crippen LogP contribution in [0.5, 0.6) is 0 Å². The van der Waals surface area contributed by atoms with Crippen molar-refractivity contribution >= 4 is 11.5 Å². The van der Waals surface area contributed by atoms with E-state index in [1.165, 1.54) is 0 Å². The Balaban J connectivity index is 1.57. The normalized spacial score (nSPS) is 23.5. The zero-order valence-corrected chi connectivity index (χ0v) is 9.87. The molecule has 2 fully saturated rings. The summed E-state index contributed by atoms with van der Waals surface area (Å²) in [6.45, 7) is 4.65. The number of hydrogen-bond acceptors (Lipinski definition) is 4. The molecule has 2 saturated heterocycles. The van der Waals surface area contributed by atoms with Crippen molar-refractivity contribution in [1.82, 2.24) is 14.6 Å². The van der Waals surface area contributed by atoms with Gasteiger partial charge in [-0.1, -0.05) is 0 Å². The number of nitrogens with zero attached hydrogens (tertiary/aromatic N) is 2. The molecule has 0 saturated carbocycles. The van der Waals surface area contributed by atoms with Gasteiger partial charge in [-0.15, -0.1) is 0 Å². The number of likely N-dealkylation sites (tertiary alicyclic amines) is 1. The molecular formula is C10H12F3N3S. The molecule has 0 aromatic carbocycles. The molecule has 17 heavy (non-hydrogen) atoms. The number of aromatic nitrogens is 1. The third-order valence-corrected chi connectivity index (χ3v) is 4.12. The average Bonchev–Trinajstić information content (AvgIpc) is 2.54. The quantitative estimate of drug-likeness (QED) is 0.878. The van der Waals surface area contributed by atoms with Gasteiger partial charge in [0.05, 0.1) is 0 Å². The fourth-order valence-corrected chi connectivity index (χ4v) is 3.23. The minimum Gasteiger partial charge on any atom is -0.315 e. The van der Waals surface area contributed by atoms with E-state index < -0.39 is 11.9 Å². The van der Waals surface area contributed by atoms with Crippen LogP contribution in [0.15, 0.2) is 6.07 Å². The first kappa shape index (κ1) is 11.4. The minimum absolute atomic E-state index is 0.414. The van der Waals surface area contributed by atoms with Crippen LogP contribution in [0.3, 0.4) is 0 Å². The molecule has 2 aliphatic rings. The van der Waals surface area contributed by atoms with E-state index in [2.05, 4.69) is 14.6 Å². The SMILES string of the molecule is FC(F)(F)c1cc(CN2CC3(CNC3)C2)sn1. The lowest BCUT2D eigenvalue weighted by Crippen LogP contribution is -2.70. The molecule has 0 unspecified atom stereocenters. The maximum atomic E-state index is 12.3. The van der Waals surface area contributed by atoms with Crippen LogP contribution in [0.1, 0.15) is 10.6 Å². The van der Waals surface area contributed by atoms with Crippen LogP contribution in [0.4, 0.5) is 13.2 Å². The number of alkyl halides is 3. The fraction of sp³-hybridized carbons (Fsp3) is 0.700. The van der Waals surface area contributed by atoms with E-state index in [0.29, 0.717) is 16.8 Å². The van der Waals surface area contributed by atoms with Crippen LogP contribution in [-0.4, -0.2) is 35.5 Å². The Morgan fingerprint density at radius 3 is 2.59 bits per heavy atom. The lowest BCUT2D eigenvalue weighted by Gasteiger charge is -2.56. The predicted octanol–water partition coefficient (Wildman–Crippen LogP) is 1.57. The predicted molar refractivity (Wildman–Crippen MR) is 57.7 cm³/mol. The molecule has 7 heteroatoms. The van der Waals surface area contributed by atoms with Gasteiger partial charge < -0.3 is 5.32 Å². The molecule has 2 aliphatic heterocycles. The fourth-order valence-electron chi connectivity index (χ4n) is 2.46. The molecule has 1 aromatic rings. The number of nitrogens with one attached hydrogen (secondary N) is 1. The van der Waals surface area contributed by atoms with Crippen LogP contribution < -0.4 is 5.32 Å². The first-order valence-electron chi connectivity index (χ1n) is 5.43. The van der Waals surface area contributed by atoms with Gasteiger partial charge in [-0.2, -0.15) is 17.5 Å². The van der Waals surface area contributed by atoms with Gasteiger partial charge in [0, 0.05) is 43.0 Å². The Labute approximate surface area is 101 Å². The highest BCUT2D eigenvalue weighted by molar-refractivity contribution is 7.05. The van der Waals surface area contributed by atoms with Gasteiger partial charge in [-0.3, -0.25) is 4.90 Å². The number of halogens is 3. The van der Waals surface area contributed by atoms with Gasteiger partial charge in [0.25, 0.3) is 0 Å². The molecule has 0 atom stereocenters. The van der Waals surface area contributed by atoms with Gasteiger partial charge >= 0.3 is 6.18 Å². The smallest absolute Gasteiger partial charge is 0.315 e. The summed E-state index contributed by atoms with van der Waals surface area (Å²) < 4.78 is 40.5. The number of rotatable bonds is 2. The summed E-state index contributed by atoms with van der Waals surface area (Å²) in [4.78, 5) is 2.87. The molecule has 94 valence electrons. The monoisotopic (exact) mass is 263 g/mol. The summed E-state index contributed by atoms with van der Waals surface area (Å²) in [6.07, 6.45) is -4.32. The summed E-state index contributed by atoms with van der Waals surface area (Å²) in [5.74, 6) is 0. The summed E-state index contributed by atoms with van der Waals surface area (Å²) in [6, 6.07) is 1.16. The van der Waals surface area contributed by atoms with E-state index in [9.17, 15) is 13.2 Å². The maximum absolute atomic E-state index is 12.3. The van der Waals surface area contributed by atoms with Crippen LogP contribution in [0.2, 0.25) is 0 Å². The van der Waals surface area contributed by atoms with Gasteiger partial charge in [-0.25, -0.2) is 0 Å². The topological polar surface area (TPSA) is 28.2 Å². The van der Waals surface area contributed by atoms with Gasteiger partial charge in [0.2, 0.25) is 0 Å². The molecule has 3 rings (SSSR count). The highest BCUT2D eigenvalue weighted by atomic mass is 32.1. The van der Waals surface area contributed by atoms with Crippen molar-refractivity contribution in [3.05, 3.63) is 16.6 Å². The highest BCUT2D eigenvalue weighted by Crippen LogP contribution is 2.36. The van der Waals surface area contributed by atoms with Crippen molar-refractivity contribution in [2.24, 2.45) is 5.41 Å². The second-order valence-corrected chi connectivity index (χ2v) is 5.81. The second kappa shape index (κ2) is 3.66. The summed E-state index contributed by atoms with van der Waals surface area (Å²) in [5, 5.41) is 3.23. The Kier molecular flexibility index (Phi) is 2.46. The van der Waals surface area contributed by atoms with Crippen molar-refractivity contribution < 1.29 is 13.2 Å². The standard InChI is InChI=1S/C10H12F3N3S/c11-10(12,13)8-1-7(17-15-8)2-16-5-9(6-16)3-14-4-9/h1,14H,2-6H2. The van der Waals surface area contributed by atoms with E-state index in [1.807, 2.05) is 0 Å². The lowest BCUT2D eigenvalue weighted by molar-refractivity contribution is -0.140. The molecule has 3 heterocycles. The Morgan fingerprint density at radius 2 is 2.12 bits per heavy atom. The third-order valence-electron chi connectivity index (χ3n) is 3.35. The Morgan fingerprint density at radius 1 is 1.41 bits per heavy atom. The van der Waals surface area contributed by atoms with E-state index in [1.54, 1.807) is 0 Å². The first-order valence-corrected chi connectivity index (χ1v) is 6.20. The molecule has 0 radical (unpaired) electrons. The summed E-state index contributed by atoms with van der Waals surface area (Å²) >= 11 is 0.952. The second-order valence-electron chi connectivity index (χ2n) is 4.92. The summed E-state index contributed by atoms with van der Waals surface area (Å²) in [7, 11) is 0. The molecule has 0 bridgehead atoms. The zero-order chi connectivity index (χ0) is 12.1. The molecule has 3 nitrogen and oxygen atoms in total. The highest BCUT2D eigenvalue weighted by Gasteiger charge is 2.47. The van der Waals surface area contributed by atoms with Crippen LogP contribution in [-0.2, 0) is 12.7 Å². The molecule has 1 aromatic heterocycles. The maximum Gasteiger partial charge on any atom is 0.434 e. The number of hydrogen-bond donors (Lipinski definition) is 1. The Bertz CT molecular complexity index is 417. The molecule has 0 aliphatic carbocycles. The van der Waals surface area contributed by atoms with Crippen molar-refractivity contribution in [2.75, 3.05) is 26.2 Å². The molecule has 1 N–H and O–H groups in total. The van der Waals surface area contributed by atoms with Crippen LogP contribution in [0.25, 0.3) is 0 Å². The van der Waals surface area contributed by atoms with E-state index in [-0.39, 0.29) is 0 Å². The Hall–Kier alpha value is -0.660. The zero-order valence-electron chi connectivity index (χ0n) is 9.05. The summed E-state index contributed by atoms with van der Waals surface area (Å²) in [5.41, 5.74) is -0.351. The van der Waals surface area contributed by atoms with E-state index in [0.717, 1.165) is 43.8 Å². The van der Waals surface area contributed by atoms with Crippen LogP contribution >= 0.6 is 11.5 Å². The van der Waals surface area contributed by atoms with Gasteiger partial charge in [0.15, 0.2) is 5.69 Å². The van der Waals surface area contributed by atoms with Crippen molar-refractivity contribution in [3.8, 4) is 0 Å². The lowest BCUT2D eigenvalue weighted by atomic mass is 9.74. The first-order chi connectivity index (χ1) is 7.97. The average molecular weight is 263 g/mol. The van der Waals surface area contributed by atoms with Crippen LogP contribution in [0, 0.1) is 5.41 Å². The molecule has 0 amide bonds. The van der Waals surface area contributed by atoms with Crippen molar-refractivity contribution in [3.63, 3.8) is 0 Å². The van der Waals surface area contributed by atoms with Gasteiger partial charge in [0.1, 0.15) is 0 Å². The van der Waals surface area contributed by atoms with Gasteiger partial charge in [-0.05, 0) is 17.6 Å². The van der Waals surface area contributed by atoms with E-state index in [4.69, 9.17) is 0 Å². The van der Waals surface area contributed by atoms with Crippen molar-refractivity contribution in [2.45, 2.75) is 12.7 Å². The van der Waals surface area contributed by atoms with E-state index >= 15 is 0 Å². The van der Waals surface area contributed by atoms with Crippen molar-refractivity contribution in [1.29, 1.82) is 0 Å². The molecular weight excluding hydrogens is 251 g/mol.